The smallest absolute Gasteiger partial charge is 0.436 e. The summed E-state index contributed by atoms with van der Waals surface area (Å²) in [5.41, 5.74) is 0. The van der Waals surface area contributed by atoms with Gasteiger partial charge < -0.3 is 49.7 Å². The van der Waals surface area contributed by atoms with Crippen molar-refractivity contribution in [3.05, 3.63) is 0 Å². The van der Waals surface area contributed by atoms with Gasteiger partial charge in [-0.3, -0.25) is 0 Å². The van der Waals surface area contributed by atoms with Crippen molar-refractivity contribution < 1.29 is 0 Å². The summed E-state index contributed by atoms with van der Waals surface area (Å²) >= 11 is 16.3. The summed E-state index contributed by atoms with van der Waals surface area (Å²) in [5, 5.41) is 0. The summed E-state index contributed by atoms with van der Waals surface area (Å²) in [6.45, 7) is 0. The van der Waals surface area contributed by atoms with Gasteiger partial charge in [0, 0.05) is 0 Å². The molecule has 0 aromatic heterocycles. The molecule has 7 heavy (non-hydrogen) atoms. The molecule has 0 aromatic carbocycles. The van der Waals surface area contributed by atoms with Gasteiger partial charge in [-0.1, -0.05) is 0 Å². The largest absolute Gasteiger partial charge is 2.00 e. The van der Waals surface area contributed by atoms with Crippen molar-refractivity contribution in [2.45, 2.75) is 0 Å². The number of rotatable bonds is 0. The van der Waals surface area contributed by atoms with Crippen molar-refractivity contribution in [1.29, 1.82) is 0 Å². The van der Waals surface area contributed by atoms with Crippen LogP contribution in [0.4, 0.5) is 0 Å². The van der Waals surface area contributed by atoms with Gasteiger partial charge in [0.05, 0.1) is 0 Å². The van der Waals surface area contributed by atoms with Crippen LogP contribution in [0.5, 0.6) is 0 Å². The van der Waals surface area contributed by atoms with Crippen LogP contribution in [0.1, 0.15) is 0 Å². The molecule has 0 rings (SSSR count). The molecule has 0 saturated carbocycles. The normalized spacial score (nSPS) is 3.43. The number of thiocarbonyl (C=S) groups is 2. The minimum atomic E-state index is 0. The summed E-state index contributed by atoms with van der Waals surface area (Å²) in [6, 6.07) is 0. The zero-order chi connectivity index (χ0) is 5.41. The Morgan fingerprint density at radius 1 is 1.00 bits per heavy atom. The molecule has 0 aromatic rings. The van der Waals surface area contributed by atoms with Crippen molar-refractivity contribution in [1.82, 2.24) is 0 Å². The first kappa shape index (κ1) is 16.1. The quantitative estimate of drug-likeness (QED) is 0.364. The molecular weight excluding hydrogens is 290 g/mol. The molecule has 0 aliphatic rings. The predicted molar refractivity (Wildman–Crippen MR) is 47.8 cm³/mol. The molecular formula is C2H2BaS4. The molecule has 0 spiro atoms. The molecule has 0 aliphatic carbocycles. The minimum absolute atomic E-state index is 0. The van der Waals surface area contributed by atoms with Crippen LogP contribution < -0.4 is 0 Å². The fraction of sp³-hybridized carbons (Fsp3) is 0. The SMILES string of the molecule is S=C[S-].S=C[S-].[Ba+2]. The van der Waals surface area contributed by atoms with E-state index in [1.165, 1.54) is 9.40 Å². The van der Waals surface area contributed by atoms with Gasteiger partial charge in [-0.25, -0.2) is 0 Å². The molecule has 0 heterocycles. The Morgan fingerprint density at radius 3 is 1.00 bits per heavy atom. The first-order chi connectivity index (χ1) is 2.83. The van der Waals surface area contributed by atoms with E-state index in [1.54, 1.807) is 0 Å². The zero-order valence-corrected chi connectivity index (χ0v) is 11.2. The zero-order valence-electron chi connectivity index (χ0n) is 3.49. The minimum Gasteiger partial charge on any atom is -0.436 e. The second-order valence-electron chi connectivity index (χ2n) is 0.192. The Morgan fingerprint density at radius 2 is 1.00 bits per heavy atom. The Hall–Kier alpha value is 2.19. The summed E-state index contributed by atoms with van der Waals surface area (Å²) in [4.78, 5) is 0. The summed E-state index contributed by atoms with van der Waals surface area (Å²) in [7, 11) is 0. The van der Waals surface area contributed by atoms with Gasteiger partial charge in [-0.2, -0.15) is 9.40 Å². The molecule has 0 atom stereocenters. The molecule has 0 N–H and O–H groups in total. The van der Waals surface area contributed by atoms with Crippen LogP contribution in [-0.2, 0) is 25.3 Å². The molecule has 0 nitrogen and oxygen atoms in total. The molecule has 0 fully saturated rings. The van der Waals surface area contributed by atoms with Gasteiger partial charge in [0.15, 0.2) is 0 Å². The first-order valence-electron chi connectivity index (χ1n) is 0.943. The van der Waals surface area contributed by atoms with E-state index in [2.05, 4.69) is 49.7 Å². The van der Waals surface area contributed by atoms with Crippen molar-refractivity contribution >= 4 is 108 Å². The van der Waals surface area contributed by atoms with E-state index >= 15 is 0 Å². The van der Waals surface area contributed by atoms with Crippen LogP contribution in [0.3, 0.4) is 0 Å². The van der Waals surface area contributed by atoms with E-state index in [9.17, 15) is 0 Å². The molecule has 0 bridgehead atoms. The third-order valence-electron chi connectivity index (χ3n) is 0. The van der Waals surface area contributed by atoms with Gasteiger partial charge >= 0.3 is 48.9 Å². The average molecular weight is 292 g/mol. The van der Waals surface area contributed by atoms with Crippen molar-refractivity contribution in [2.24, 2.45) is 0 Å². The van der Waals surface area contributed by atoms with Gasteiger partial charge in [0.25, 0.3) is 0 Å². The van der Waals surface area contributed by atoms with E-state index in [1.807, 2.05) is 0 Å². The Bertz CT molecular complexity index is 30.7. The summed E-state index contributed by atoms with van der Waals surface area (Å²) < 4.78 is 2.33. The molecule has 5 heteroatoms. The van der Waals surface area contributed by atoms with Crippen LogP contribution in [0.2, 0.25) is 0 Å². The van der Waals surface area contributed by atoms with Gasteiger partial charge in [-0.05, 0) is 0 Å². The molecule has 36 valence electrons. The van der Waals surface area contributed by atoms with Crippen LogP contribution in [0.15, 0.2) is 0 Å². The van der Waals surface area contributed by atoms with E-state index in [4.69, 9.17) is 0 Å². The van der Waals surface area contributed by atoms with E-state index in [0.717, 1.165) is 0 Å². The monoisotopic (exact) mass is 292 g/mol. The van der Waals surface area contributed by atoms with Crippen molar-refractivity contribution in [2.75, 3.05) is 0 Å². The molecule has 0 amide bonds. The third-order valence-corrected chi connectivity index (χ3v) is 0. The van der Waals surface area contributed by atoms with Crippen LogP contribution in [0.25, 0.3) is 0 Å². The third kappa shape index (κ3) is 65.4. The molecule has 0 radical (unpaired) electrons. The van der Waals surface area contributed by atoms with Crippen LogP contribution in [-0.4, -0.2) is 58.3 Å². The van der Waals surface area contributed by atoms with E-state index in [-0.39, 0.29) is 48.9 Å². The second-order valence-corrected chi connectivity index (χ2v) is 1.73. The van der Waals surface area contributed by atoms with Gasteiger partial charge in [0.1, 0.15) is 0 Å². The molecule has 0 saturated heterocycles. The fourth-order valence-corrected chi connectivity index (χ4v) is 0. The standard InChI is InChI=1S/2CH2S2.Ba/c2*2-1-3;/h2*1H,(H,2,3);/q;;+2/p-2. The Balaban J connectivity index is -0.0000000400. The Kier molecular flexibility index (Phi) is 55.4. The van der Waals surface area contributed by atoms with Crippen molar-refractivity contribution in [3.63, 3.8) is 0 Å². The average Bonchev–Trinajstić information content (AvgIpc) is 1.39. The van der Waals surface area contributed by atoms with Gasteiger partial charge in [0.2, 0.25) is 0 Å². The number of hydrogen-bond acceptors (Lipinski definition) is 4. The second kappa shape index (κ2) is 24.1. The maximum atomic E-state index is 4.08. The maximum absolute atomic E-state index is 4.08. The van der Waals surface area contributed by atoms with E-state index in [0.29, 0.717) is 0 Å². The first-order valence-corrected chi connectivity index (χ1v) is 2.83. The summed E-state index contributed by atoms with van der Waals surface area (Å²) in [5.74, 6) is 0. The Labute approximate surface area is 106 Å². The maximum Gasteiger partial charge on any atom is 2.00 e. The molecule has 0 aliphatic heterocycles. The van der Waals surface area contributed by atoms with Crippen LogP contribution in [0, 0.1) is 0 Å². The topological polar surface area (TPSA) is 0 Å². The van der Waals surface area contributed by atoms with Gasteiger partial charge in [-0.15, -0.1) is 0 Å². The van der Waals surface area contributed by atoms with Crippen molar-refractivity contribution in [3.8, 4) is 0 Å². The van der Waals surface area contributed by atoms with Crippen LogP contribution >= 0.6 is 24.4 Å². The van der Waals surface area contributed by atoms with E-state index < -0.39 is 0 Å². The number of hydrogen-bond donors (Lipinski definition) is 0. The predicted octanol–water partition coefficient (Wildman–Crippen LogP) is 0.600. The molecule has 0 unspecified atom stereocenters. The fourth-order valence-electron chi connectivity index (χ4n) is 0. The summed E-state index contributed by atoms with van der Waals surface area (Å²) in [6.07, 6.45) is 0.